The summed E-state index contributed by atoms with van der Waals surface area (Å²) in [5, 5.41) is 0. The van der Waals surface area contributed by atoms with Crippen molar-refractivity contribution in [1.82, 2.24) is 19.8 Å². The number of aromatic nitrogens is 2. The van der Waals surface area contributed by atoms with Crippen molar-refractivity contribution in [3.63, 3.8) is 0 Å². The molecule has 0 bridgehead atoms. The normalized spacial score (nSPS) is 15.4. The lowest BCUT2D eigenvalue weighted by Crippen LogP contribution is -2.43. The summed E-state index contributed by atoms with van der Waals surface area (Å²) in [4.78, 5) is 25.9. The van der Waals surface area contributed by atoms with Crippen LogP contribution in [0.3, 0.4) is 0 Å². The predicted molar refractivity (Wildman–Crippen MR) is 123 cm³/mol. The molecule has 2 aromatic rings. The maximum atomic E-state index is 12.4. The predicted octanol–water partition coefficient (Wildman–Crippen LogP) is 4.74. The summed E-state index contributed by atoms with van der Waals surface area (Å²) in [7, 11) is 0. The van der Waals surface area contributed by atoms with Crippen LogP contribution in [0.1, 0.15) is 56.1 Å². The second-order valence-corrected chi connectivity index (χ2v) is 9.61. The van der Waals surface area contributed by atoms with Crippen LogP contribution in [0.5, 0.6) is 0 Å². The third-order valence-electron chi connectivity index (χ3n) is 5.77. The van der Waals surface area contributed by atoms with Crippen molar-refractivity contribution in [3.8, 4) is 0 Å². The molecular formula is C25H36N4O2. The molecule has 1 aliphatic heterocycles. The van der Waals surface area contributed by atoms with Gasteiger partial charge in [0.05, 0.1) is 11.4 Å². The first-order chi connectivity index (χ1) is 14.7. The van der Waals surface area contributed by atoms with Gasteiger partial charge in [0.25, 0.3) is 0 Å². The van der Waals surface area contributed by atoms with Crippen molar-refractivity contribution >= 4 is 6.09 Å². The van der Waals surface area contributed by atoms with Crippen molar-refractivity contribution < 1.29 is 9.53 Å². The zero-order chi connectivity index (χ0) is 22.4. The molecule has 31 heavy (non-hydrogen) atoms. The molecule has 3 heterocycles. The number of hydrogen-bond acceptors (Lipinski definition) is 5. The van der Waals surface area contributed by atoms with E-state index in [-0.39, 0.29) is 6.09 Å². The largest absolute Gasteiger partial charge is 0.444 e. The lowest BCUT2D eigenvalue weighted by molar-refractivity contribution is 0.0166. The quantitative estimate of drug-likeness (QED) is 0.670. The molecule has 0 radical (unpaired) electrons. The van der Waals surface area contributed by atoms with Crippen LogP contribution in [-0.2, 0) is 17.8 Å². The minimum atomic E-state index is -0.453. The average Bonchev–Trinajstić information content (AvgIpc) is 2.70. The van der Waals surface area contributed by atoms with Gasteiger partial charge in [-0.1, -0.05) is 12.1 Å². The van der Waals surface area contributed by atoms with Crippen molar-refractivity contribution in [1.29, 1.82) is 0 Å². The number of piperidine rings is 1. The van der Waals surface area contributed by atoms with Crippen molar-refractivity contribution in [2.45, 2.75) is 66.2 Å². The first-order valence-electron chi connectivity index (χ1n) is 11.2. The highest BCUT2D eigenvalue weighted by Gasteiger charge is 2.28. The van der Waals surface area contributed by atoms with Crippen LogP contribution in [-0.4, -0.2) is 51.1 Å². The molecule has 0 spiro atoms. The molecule has 0 aromatic carbocycles. The number of carbonyl (C=O) groups is 1. The lowest BCUT2D eigenvalue weighted by atomic mass is 9.96. The van der Waals surface area contributed by atoms with Crippen LogP contribution in [0.4, 0.5) is 4.79 Å². The molecule has 0 atom stereocenters. The summed E-state index contributed by atoms with van der Waals surface area (Å²) in [5.41, 5.74) is 4.20. The Labute approximate surface area is 186 Å². The minimum absolute atomic E-state index is 0.198. The molecule has 0 unspecified atom stereocenters. The van der Waals surface area contributed by atoms with Gasteiger partial charge in [-0.3, -0.25) is 14.9 Å². The number of rotatable bonds is 6. The van der Waals surface area contributed by atoms with E-state index in [2.05, 4.69) is 40.8 Å². The zero-order valence-electron chi connectivity index (χ0n) is 19.6. The Morgan fingerprint density at radius 3 is 2.00 bits per heavy atom. The number of ether oxygens (including phenoxy) is 1. The Kier molecular flexibility index (Phi) is 7.65. The number of pyridine rings is 2. The first kappa shape index (κ1) is 23.2. The van der Waals surface area contributed by atoms with Gasteiger partial charge in [-0.2, -0.15) is 0 Å². The van der Waals surface area contributed by atoms with Crippen LogP contribution in [0.15, 0.2) is 36.7 Å². The molecule has 1 fully saturated rings. The van der Waals surface area contributed by atoms with E-state index in [1.165, 1.54) is 11.1 Å². The zero-order valence-corrected chi connectivity index (χ0v) is 19.6. The van der Waals surface area contributed by atoms with Crippen molar-refractivity contribution in [2.75, 3.05) is 19.6 Å². The number of nitrogens with zero attached hydrogens (tertiary/aromatic N) is 4. The fourth-order valence-corrected chi connectivity index (χ4v) is 3.97. The molecular weight excluding hydrogens is 388 g/mol. The van der Waals surface area contributed by atoms with E-state index in [1.54, 1.807) is 0 Å². The Morgan fingerprint density at radius 2 is 1.55 bits per heavy atom. The second-order valence-electron chi connectivity index (χ2n) is 9.61. The van der Waals surface area contributed by atoms with E-state index in [4.69, 9.17) is 4.74 Å². The lowest BCUT2D eigenvalue weighted by Gasteiger charge is -2.35. The van der Waals surface area contributed by atoms with E-state index < -0.39 is 5.60 Å². The van der Waals surface area contributed by atoms with Crippen LogP contribution in [0.25, 0.3) is 0 Å². The van der Waals surface area contributed by atoms with Gasteiger partial charge in [0, 0.05) is 45.1 Å². The first-order valence-corrected chi connectivity index (χ1v) is 11.2. The fraction of sp³-hybridized carbons (Fsp3) is 0.560. The van der Waals surface area contributed by atoms with Crippen LogP contribution < -0.4 is 0 Å². The highest BCUT2D eigenvalue weighted by atomic mass is 16.6. The summed E-state index contributed by atoms with van der Waals surface area (Å²) in [6.45, 7) is 14.0. The smallest absolute Gasteiger partial charge is 0.410 e. The Hall–Kier alpha value is -2.47. The molecule has 1 saturated heterocycles. The van der Waals surface area contributed by atoms with E-state index >= 15 is 0 Å². The third-order valence-corrected chi connectivity index (χ3v) is 5.77. The van der Waals surface area contributed by atoms with Crippen molar-refractivity contribution in [2.24, 2.45) is 5.92 Å². The van der Waals surface area contributed by atoms with Gasteiger partial charge < -0.3 is 9.64 Å². The maximum absolute atomic E-state index is 12.4. The van der Waals surface area contributed by atoms with E-state index in [0.29, 0.717) is 5.92 Å². The topological polar surface area (TPSA) is 58.6 Å². The highest BCUT2D eigenvalue weighted by molar-refractivity contribution is 5.68. The van der Waals surface area contributed by atoms with Gasteiger partial charge in [-0.25, -0.2) is 4.79 Å². The maximum Gasteiger partial charge on any atom is 0.410 e. The number of aryl methyl sites for hydroxylation is 2. The fourth-order valence-electron chi connectivity index (χ4n) is 3.97. The van der Waals surface area contributed by atoms with Crippen molar-refractivity contribution in [3.05, 3.63) is 59.2 Å². The molecule has 6 heteroatoms. The van der Waals surface area contributed by atoms with E-state index in [0.717, 1.165) is 57.0 Å². The molecule has 1 amide bonds. The van der Waals surface area contributed by atoms with Crippen LogP contribution in [0, 0.1) is 19.8 Å². The molecule has 0 N–H and O–H groups in total. The van der Waals surface area contributed by atoms with Gasteiger partial charge in [0.1, 0.15) is 5.60 Å². The number of likely N-dealkylation sites (tertiary alicyclic amines) is 1. The molecule has 2 aromatic heterocycles. The van der Waals surface area contributed by atoms with Gasteiger partial charge >= 0.3 is 6.09 Å². The number of carbonyl (C=O) groups excluding carboxylic acids is 1. The van der Waals surface area contributed by atoms with E-state index in [9.17, 15) is 4.79 Å². The Balaban J connectivity index is 1.64. The minimum Gasteiger partial charge on any atom is -0.444 e. The second kappa shape index (κ2) is 10.2. The number of amides is 1. The molecule has 0 saturated carbocycles. The summed E-state index contributed by atoms with van der Waals surface area (Å²) >= 11 is 0. The third kappa shape index (κ3) is 7.03. The van der Waals surface area contributed by atoms with Crippen LogP contribution in [0.2, 0.25) is 0 Å². The Bertz CT molecular complexity index is 822. The molecule has 3 rings (SSSR count). The molecule has 1 aliphatic rings. The number of hydrogen-bond donors (Lipinski definition) is 0. The average molecular weight is 425 g/mol. The highest BCUT2D eigenvalue weighted by Crippen LogP contribution is 2.23. The standard InChI is InChI=1S/C25H36N4O2/c1-19-8-6-12-26-22(19)17-28(18-23-20(2)9-7-13-27-23)16-21-10-14-29(15-11-21)24(30)31-25(3,4)5/h6-9,12-13,21H,10-11,14-18H2,1-5H3. The summed E-state index contributed by atoms with van der Waals surface area (Å²) in [6.07, 6.45) is 5.50. The molecule has 0 aliphatic carbocycles. The Morgan fingerprint density at radius 1 is 1.03 bits per heavy atom. The molecule has 6 nitrogen and oxygen atoms in total. The van der Waals surface area contributed by atoms with Crippen LogP contribution >= 0.6 is 0 Å². The van der Waals surface area contributed by atoms with Gasteiger partial charge in [0.15, 0.2) is 0 Å². The summed E-state index contributed by atoms with van der Waals surface area (Å²) < 4.78 is 5.54. The van der Waals surface area contributed by atoms with E-state index in [1.807, 2.05) is 50.2 Å². The van der Waals surface area contributed by atoms with Gasteiger partial charge in [0.2, 0.25) is 0 Å². The van der Waals surface area contributed by atoms with Gasteiger partial charge in [-0.05, 0) is 76.6 Å². The summed E-state index contributed by atoms with van der Waals surface area (Å²) in [6, 6.07) is 8.20. The summed E-state index contributed by atoms with van der Waals surface area (Å²) in [5.74, 6) is 0.534. The van der Waals surface area contributed by atoms with Gasteiger partial charge in [-0.15, -0.1) is 0 Å². The SMILES string of the molecule is Cc1cccnc1CN(Cc1ncccc1C)CC1CCN(C(=O)OC(C)(C)C)CC1. The molecule has 168 valence electrons. The monoisotopic (exact) mass is 424 g/mol.